The molecule has 1 aromatic rings. The molecule has 1 aliphatic carbocycles. The monoisotopic (exact) mass is 339 g/mol. The van der Waals surface area contributed by atoms with E-state index in [0.717, 1.165) is 0 Å². The van der Waals surface area contributed by atoms with Crippen molar-refractivity contribution in [1.82, 2.24) is 0 Å². The molecule has 0 radical (unpaired) electrons. The third-order valence-electron chi connectivity index (χ3n) is 2.48. The summed E-state index contributed by atoms with van der Waals surface area (Å²) >= 11 is 3.09. The second-order valence-corrected chi connectivity index (χ2v) is 6.41. The molecule has 0 aromatic heterocycles. The van der Waals surface area contributed by atoms with Gasteiger partial charge in [-0.3, -0.25) is 4.79 Å². The van der Waals surface area contributed by atoms with E-state index in [0.29, 0.717) is 10.1 Å². The Morgan fingerprint density at radius 3 is 2.32 bits per heavy atom. The Balaban J connectivity index is 2.46. The third-order valence-corrected chi connectivity index (χ3v) is 4.39. The fourth-order valence-electron chi connectivity index (χ4n) is 1.55. The number of benzene rings is 1. The van der Waals surface area contributed by atoms with Gasteiger partial charge in [0.1, 0.15) is 0 Å². The van der Waals surface area contributed by atoms with Crippen LogP contribution in [-0.2, 0) is 14.8 Å². The Hall–Kier alpha value is -1.53. The predicted octanol–water partition coefficient (Wildman–Crippen LogP) is 2.62. The average molecular weight is 340 g/mol. The predicted molar refractivity (Wildman–Crippen MR) is 76.8 cm³/mol. The van der Waals surface area contributed by atoms with Crippen LogP contribution in [0, 0.1) is 0 Å². The Bertz CT molecular complexity index is 692. The lowest BCUT2D eigenvalue weighted by Gasteiger charge is -2.07. The first-order chi connectivity index (χ1) is 8.90. The van der Waals surface area contributed by atoms with Crippen molar-refractivity contribution in [3.63, 3.8) is 0 Å². The molecule has 0 unspecified atom stereocenters. The Kier molecular flexibility index (Phi) is 3.82. The lowest BCUT2D eigenvalue weighted by Crippen LogP contribution is -2.10. The maximum absolute atomic E-state index is 12.0. The van der Waals surface area contributed by atoms with Gasteiger partial charge in [0.2, 0.25) is 0 Å². The van der Waals surface area contributed by atoms with Gasteiger partial charge in [-0.05, 0) is 52.7 Å². The summed E-state index contributed by atoms with van der Waals surface area (Å²) in [5, 5.41) is 0. The Morgan fingerprint density at radius 1 is 1.11 bits per heavy atom. The van der Waals surface area contributed by atoms with E-state index in [-0.39, 0.29) is 16.4 Å². The van der Waals surface area contributed by atoms with Crippen molar-refractivity contribution in [2.45, 2.75) is 11.8 Å². The van der Waals surface area contributed by atoms with Gasteiger partial charge >= 0.3 is 0 Å². The fraction of sp³-hybridized carbons (Fsp3) is 0.0769. The summed E-state index contributed by atoms with van der Waals surface area (Å²) in [5.74, 6) is -0.170. The largest absolute Gasteiger partial charge is 0.288 e. The topological polar surface area (TPSA) is 63.6 Å². The number of hydrogen-bond donors (Lipinski definition) is 0. The fourth-order valence-corrected chi connectivity index (χ4v) is 3.09. The van der Waals surface area contributed by atoms with Gasteiger partial charge in [-0.1, -0.05) is 18.2 Å². The van der Waals surface area contributed by atoms with Gasteiger partial charge in [0.25, 0.3) is 10.0 Å². The molecule has 19 heavy (non-hydrogen) atoms. The van der Waals surface area contributed by atoms with Crippen molar-refractivity contribution in [1.29, 1.82) is 0 Å². The number of Topliss-reactive ketones (excluding diaryl/α,β-unsaturated/α-hetero) is 1. The van der Waals surface area contributed by atoms with Gasteiger partial charge in [-0.25, -0.2) is 0 Å². The van der Waals surface area contributed by atoms with Crippen molar-refractivity contribution in [2.75, 3.05) is 0 Å². The molecule has 0 amide bonds. The van der Waals surface area contributed by atoms with Crippen LogP contribution in [0.25, 0.3) is 0 Å². The van der Waals surface area contributed by atoms with E-state index in [4.69, 9.17) is 0 Å². The molecular formula is C13H10BrNO3S. The molecule has 0 spiro atoms. The SMILES string of the molecule is CC1=C/C(=N\S(=O)(=O)c2ccccc2)C=C(Br)C1=O. The average Bonchev–Trinajstić information content (AvgIpc) is 2.36. The zero-order valence-electron chi connectivity index (χ0n) is 10.00. The molecule has 4 nitrogen and oxygen atoms in total. The lowest BCUT2D eigenvalue weighted by atomic mass is 10.1. The molecule has 1 aromatic carbocycles. The van der Waals surface area contributed by atoms with E-state index in [2.05, 4.69) is 20.3 Å². The van der Waals surface area contributed by atoms with Crippen LogP contribution < -0.4 is 0 Å². The molecule has 0 bridgehead atoms. The van der Waals surface area contributed by atoms with E-state index in [1.54, 1.807) is 25.1 Å². The van der Waals surface area contributed by atoms with Gasteiger partial charge in [0, 0.05) is 0 Å². The highest BCUT2D eigenvalue weighted by Gasteiger charge is 2.18. The number of carbonyl (C=O) groups is 1. The van der Waals surface area contributed by atoms with Crippen molar-refractivity contribution in [3.8, 4) is 0 Å². The van der Waals surface area contributed by atoms with Crippen LogP contribution in [0.5, 0.6) is 0 Å². The summed E-state index contributed by atoms with van der Waals surface area (Å²) in [7, 11) is -3.76. The lowest BCUT2D eigenvalue weighted by molar-refractivity contribution is -0.111. The van der Waals surface area contributed by atoms with E-state index in [1.807, 2.05) is 0 Å². The molecule has 98 valence electrons. The molecular weight excluding hydrogens is 330 g/mol. The quantitative estimate of drug-likeness (QED) is 0.778. The maximum atomic E-state index is 12.0. The zero-order valence-corrected chi connectivity index (χ0v) is 12.4. The molecule has 0 saturated carbocycles. The van der Waals surface area contributed by atoms with Gasteiger partial charge in [0.15, 0.2) is 5.78 Å². The molecule has 0 N–H and O–H groups in total. The van der Waals surface area contributed by atoms with Gasteiger partial charge in [-0.15, -0.1) is 0 Å². The highest BCUT2D eigenvalue weighted by atomic mass is 79.9. The number of hydrogen-bond acceptors (Lipinski definition) is 3. The molecule has 0 saturated heterocycles. The van der Waals surface area contributed by atoms with Crippen molar-refractivity contribution < 1.29 is 13.2 Å². The minimum atomic E-state index is -3.76. The standard InChI is InChI=1S/C13H10BrNO3S/c1-9-7-10(8-12(14)13(9)16)15-19(17,18)11-5-3-2-4-6-11/h2-8H,1H3/b15-10+. The number of sulfonamides is 1. The van der Waals surface area contributed by atoms with Crippen molar-refractivity contribution in [3.05, 3.63) is 52.5 Å². The third kappa shape index (κ3) is 3.08. The highest BCUT2D eigenvalue weighted by molar-refractivity contribution is 9.12. The molecule has 0 aliphatic heterocycles. The summed E-state index contributed by atoms with van der Waals surface area (Å²) in [4.78, 5) is 11.6. The number of ketones is 1. The smallest absolute Gasteiger partial charge is 0.282 e. The summed E-state index contributed by atoms with van der Waals surface area (Å²) in [6, 6.07) is 7.94. The first-order valence-electron chi connectivity index (χ1n) is 5.40. The van der Waals surface area contributed by atoms with Crippen LogP contribution >= 0.6 is 15.9 Å². The number of halogens is 1. The van der Waals surface area contributed by atoms with Crippen LogP contribution in [0.2, 0.25) is 0 Å². The summed E-state index contributed by atoms with van der Waals surface area (Å²) < 4.78 is 28.1. The molecule has 1 aliphatic rings. The Labute approximate surface area is 119 Å². The normalized spacial score (nSPS) is 18.2. The molecule has 0 atom stereocenters. The van der Waals surface area contributed by atoms with Crippen LogP contribution in [0.4, 0.5) is 0 Å². The first-order valence-corrected chi connectivity index (χ1v) is 7.64. The second kappa shape index (κ2) is 5.22. The summed E-state index contributed by atoms with van der Waals surface area (Å²) in [6.07, 6.45) is 2.85. The number of rotatable bonds is 2. The van der Waals surface area contributed by atoms with Crippen LogP contribution in [0.15, 0.2) is 61.8 Å². The zero-order chi connectivity index (χ0) is 14.0. The van der Waals surface area contributed by atoms with Gasteiger partial charge in [0.05, 0.1) is 15.1 Å². The number of nitrogens with zero attached hydrogens (tertiary/aromatic N) is 1. The van der Waals surface area contributed by atoms with Crippen LogP contribution in [-0.4, -0.2) is 19.9 Å². The van der Waals surface area contributed by atoms with Crippen molar-refractivity contribution in [2.24, 2.45) is 4.40 Å². The van der Waals surface area contributed by atoms with Crippen molar-refractivity contribution >= 4 is 37.4 Å². The Morgan fingerprint density at radius 2 is 1.74 bits per heavy atom. The van der Waals surface area contributed by atoms with Crippen LogP contribution in [0.1, 0.15) is 6.92 Å². The van der Waals surface area contributed by atoms with Gasteiger partial charge in [-0.2, -0.15) is 12.8 Å². The minimum absolute atomic E-state index is 0.120. The number of carbonyl (C=O) groups excluding carboxylic acids is 1. The first kappa shape index (κ1) is 13.9. The van der Waals surface area contributed by atoms with E-state index in [9.17, 15) is 13.2 Å². The van der Waals surface area contributed by atoms with E-state index >= 15 is 0 Å². The summed E-state index contributed by atoms with van der Waals surface area (Å²) in [6.45, 7) is 1.61. The highest BCUT2D eigenvalue weighted by Crippen LogP contribution is 2.20. The maximum Gasteiger partial charge on any atom is 0.282 e. The molecule has 0 fully saturated rings. The summed E-state index contributed by atoms with van der Waals surface area (Å²) in [5.41, 5.74) is 0.671. The van der Waals surface area contributed by atoms with E-state index < -0.39 is 10.0 Å². The molecule has 2 rings (SSSR count). The van der Waals surface area contributed by atoms with Crippen LogP contribution in [0.3, 0.4) is 0 Å². The molecule has 0 heterocycles. The second-order valence-electron chi connectivity index (χ2n) is 3.95. The number of allylic oxidation sites excluding steroid dienone is 4. The van der Waals surface area contributed by atoms with Gasteiger partial charge < -0.3 is 0 Å². The molecule has 6 heteroatoms. The minimum Gasteiger partial charge on any atom is -0.288 e. The van der Waals surface area contributed by atoms with E-state index in [1.165, 1.54) is 24.3 Å².